The Morgan fingerprint density at radius 2 is 1.61 bits per heavy atom. The number of carbonyl (C=O) groups excluding carboxylic acids is 1. The van der Waals surface area contributed by atoms with Crippen LogP contribution in [0.1, 0.15) is 45.4 Å². The molecule has 7 nitrogen and oxygen atoms in total. The summed E-state index contributed by atoms with van der Waals surface area (Å²) in [4.78, 5) is 28.3. The molecule has 10 heteroatoms. The average Bonchev–Trinajstić information content (AvgIpc) is 3.43. The summed E-state index contributed by atoms with van der Waals surface area (Å²) in [6.45, 7) is 7.66. The molecule has 2 N–H and O–H groups in total. The predicted molar refractivity (Wildman–Crippen MR) is 121 cm³/mol. The third kappa shape index (κ3) is 6.99. The topological polar surface area (TPSA) is 76.1 Å². The lowest BCUT2D eigenvalue weighted by molar-refractivity contribution is -0.192. The number of anilines is 2. The average molecular weight is 471 g/mol. The summed E-state index contributed by atoms with van der Waals surface area (Å²) < 4.78 is 31.7. The van der Waals surface area contributed by atoms with Gasteiger partial charge in [0.05, 0.1) is 0 Å². The molecule has 0 aliphatic carbocycles. The van der Waals surface area contributed by atoms with Crippen LogP contribution in [0.3, 0.4) is 0 Å². The summed E-state index contributed by atoms with van der Waals surface area (Å²) >= 11 is 0. The summed E-state index contributed by atoms with van der Waals surface area (Å²) in [5.41, 5.74) is 2.17. The maximum atomic E-state index is 12.3. The first-order valence-electron chi connectivity index (χ1n) is 11.6. The zero-order valence-corrected chi connectivity index (χ0v) is 19.0. The Balaban J connectivity index is 0.000000383. The summed E-state index contributed by atoms with van der Waals surface area (Å²) in [7, 11) is 0. The van der Waals surface area contributed by atoms with Gasteiger partial charge in [0.2, 0.25) is 0 Å². The van der Waals surface area contributed by atoms with Gasteiger partial charge in [0.1, 0.15) is 0 Å². The number of piperidine rings is 1. The predicted octanol–water partition coefficient (Wildman–Crippen LogP) is 4.40. The number of nitrogens with one attached hydrogen (secondary N) is 1. The Bertz CT molecular complexity index is 797. The monoisotopic (exact) mass is 470 g/mol. The highest BCUT2D eigenvalue weighted by Gasteiger charge is 2.38. The van der Waals surface area contributed by atoms with Crippen molar-refractivity contribution in [3.05, 3.63) is 24.3 Å². The maximum Gasteiger partial charge on any atom is 0.490 e. The van der Waals surface area contributed by atoms with Crippen molar-refractivity contribution in [2.24, 2.45) is 0 Å². The van der Waals surface area contributed by atoms with Crippen LogP contribution in [0.25, 0.3) is 0 Å². The molecule has 2 unspecified atom stereocenters. The van der Waals surface area contributed by atoms with Crippen molar-refractivity contribution in [3.63, 3.8) is 0 Å². The van der Waals surface area contributed by atoms with E-state index in [1.165, 1.54) is 37.9 Å². The van der Waals surface area contributed by atoms with E-state index in [4.69, 9.17) is 9.90 Å². The number of alkyl halides is 3. The molecule has 0 aromatic heterocycles. The molecule has 0 spiro atoms. The van der Waals surface area contributed by atoms with Crippen molar-refractivity contribution in [2.75, 3.05) is 42.9 Å². The van der Waals surface area contributed by atoms with Crippen LogP contribution in [-0.4, -0.2) is 77.9 Å². The first kappa shape index (κ1) is 25.1. The molecule has 3 aliphatic rings. The van der Waals surface area contributed by atoms with E-state index >= 15 is 0 Å². The van der Waals surface area contributed by atoms with E-state index in [-0.39, 0.29) is 6.03 Å². The van der Waals surface area contributed by atoms with E-state index in [1.54, 1.807) is 0 Å². The van der Waals surface area contributed by atoms with Crippen LogP contribution < -0.4 is 10.2 Å². The first-order valence-corrected chi connectivity index (χ1v) is 11.6. The van der Waals surface area contributed by atoms with E-state index in [0.29, 0.717) is 6.04 Å². The quantitative estimate of drug-likeness (QED) is 0.685. The first-order chi connectivity index (χ1) is 15.6. The summed E-state index contributed by atoms with van der Waals surface area (Å²) in [6, 6.07) is 9.88. The van der Waals surface area contributed by atoms with Crippen LogP contribution in [-0.2, 0) is 4.79 Å². The highest BCUT2D eigenvalue weighted by molar-refractivity contribution is 5.89. The standard InChI is InChI=1S/C21H32N4O.C2HF3O2/c1-17-6-5-14-25(17)20-11-15-24(16-20)19-9-7-18(8-10-19)22-21(26)23-12-3-2-4-13-23;3-2(4,5)1(6)7/h7-10,17,20H,2-6,11-16H2,1H3,(H,22,26);(H,6,7). The van der Waals surface area contributed by atoms with Gasteiger partial charge in [-0.3, -0.25) is 4.90 Å². The second-order valence-electron chi connectivity index (χ2n) is 8.95. The van der Waals surface area contributed by atoms with E-state index in [9.17, 15) is 18.0 Å². The molecule has 3 saturated heterocycles. The van der Waals surface area contributed by atoms with Gasteiger partial charge in [0, 0.05) is 49.6 Å². The lowest BCUT2D eigenvalue weighted by Gasteiger charge is -2.28. The van der Waals surface area contributed by atoms with Crippen molar-refractivity contribution < 1.29 is 27.9 Å². The third-order valence-corrected chi connectivity index (χ3v) is 6.61. The van der Waals surface area contributed by atoms with Crippen molar-refractivity contribution in [2.45, 2.75) is 63.7 Å². The SMILES string of the molecule is CC1CCCN1C1CCN(c2ccc(NC(=O)N3CCCCC3)cc2)C1.O=C(O)C(F)(F)F. The van der Waals surface area contributed by atoms with Crippen LogP contribution in [0.4, 0.5) is 29.3 Å². The van der Waals surface area contributed by atoms with Gasteiger partial charge in [0.25, 0.3) is 0 Å². The van der Waals surface area contributed by atoms with Gasteiger partial charge in [0.15, 0.2) is 0 Å². The number of hydrogen-bond donors (Lipinski definition) is 2. The molecule has 0 bridgehead atoms. The molecule has 3 aliphatic heterocycles. The molecule has 3 heterocycles. The molecule has 4 rings (SSSR count). The fourth-order valence-electron chi connectivity index (χ4n) is 4.80. The van der Waals surface area contributed by atoms with Crippen LogP contribution in [0.15, 0.2) is 24.3 Å². The van der Waals surface area contributed by atoms with Gasteiger partial charge < -0.3 is 20.2 Å². The summed E-state index contributed by atoms with van der Waals surface area (Å²) in [6.07, 6.45) is 2.37. The number of rotatable bonds is 3. The van der Waals surface area contributed by atoms with E-state index in [2.05, 4.69) is 34.2 Å². The summed E-state index contributed by atoms with van der Waals surface area (Å²) in [5, 5.41) is 10.2. The van der Waals surface area contributed by atoms with Gasteiger partial charge in [-0.15, -0.1) is 0 Å². The second kappa shape index (κ2) is 11.1. The Kier molecular flexibility index (Phi) is 8.45. The van der Waals surface area contributed by atoms with Gasteiger partial charge in [-0.05, 0) is 76.3 Å². The number of aliphatic carboxylic acids is 1. The molecule has 2 atom stereocenters. The van der Waals surface area contributed by atoms with Crippen LogP contribution in [0, 0.1) is 0 Å². The lowest BCUT2D eigenvalue weighted by Crippen LogP contribution is -2.39. The highest BCUT2D eigenvalue weighted by Crippen LogP contribution is 2.28. The van der Waals surface area contributed by atoms with Gasteiger partial charge in [-0.2, -0.15) is 13.2 Å². The van der Waals surface area contributed by atoms with Crippen molar-refractivity contribution >= 4 is 23.4 Å². The molecule has 2 amide bonds. The van der Waals surface area contributed by atoms with Crippen molar-refractivity contribution in [3.8, 4) is 0 Å². The number of carboxylic acid groups (broad SMARTS) is 1. The largest absolute Gasteiger partial charge is 0.490 e. The molecule has 0 saturated carbocycles. The van der Waals surface area contributed by atoms with E-state index in [0.717, 1.165) is 50.7 Å². The minimum Gasteiger partial charge on any atom is -0.475 e. The molecular formula is C23H33F3N4O3. The lowest BCUT2D eigenvalue weighted by atomic mass is 10.1. The Labute approximate surface area is 192 Å². The minimum atomic E-state index is -5.08. The Morgan fingerprint density at radius 1 is 0.970 bits per heavy atom. The number of carboxylic acids is 1. The van der Waals surface area contributed by atoms with Gasteiger partial charge >= 0.3 is 18.2 Å². The highest BCUT2D eigenvalue weighted by atomic mass is 19.4. The molecule has 0 radical (unpaired) electrons. The van der Waals surface area contributed by atoms with Crippen LogP contribution in [0.2, 0.25) is 0 Å². The normalized spacial score (nSPS) is 23.8. The third-order valence-electron chi connectivity index (χ3n) is 6.61. The minimum absolute atomic E-state index is 0.0432. The maximum absolute atomic E-state index is 12.3. The van der Waals surface area contributed by atoms with Gasteiger partial charge in [-0.25, -0.2) is 9.59 Å². The zero-order chi connectivity index (χ0) is 24.0. The number of nitrogens with zero attached hydrogens (tertiary/aromatic N) is 3. The van der Waals surface area contributed by atoms with E-state index < -0.39 is 12.1 Å². The van der Waals surface area contributed by atoms with E-state index in [1.807, 2.05) is 17.0 Å². The van der Waals surface area contributed by atoms with Crippen molar-refractivity contribution in [1.82, 2.24) is 9.80 Å². The number of halogens is 3. The van der Waals surface area contributed by atoms with Crippen LogP contribution >= 0.6 is 0 Å². The number of hydrogen-bond acceptors (Lipinski definition) is 4. The summed E-state index contributed by atoms with van der Waals surface area (Å²) in [5.74, 6) is -2.76. The van der Waals surface area contributed by atoms with Gasteiger partial charge in [-0.1, -0.05) is 0 Å². The Hall–Kier alpha value is -2.49. The molecule has 3 fully saturated rings. The molecule has 184 valence electrons. The molecule has 1 aromatic rings. The fourth-order valence-corrected chi connectivity index (χ4v) is 4.80. The fraction of sp³-hybridized carbons (Fsp3) is 0.652. The number of carbonyl (C=O) groups is 2. The number of urea groups is 1. The van der Waals surface area contributed by atoms with Crippen LogP contribution in [0.5, 0.6) is 0 Å². The zero-order valence-electron chi connectivity index (χ0n) is 19.0. The van der Waals surface area contributed by atoms with Crippen molar-refractivity contribution in [1.29, 1.82) is 0 Å². The molecule has 33 heavy (non-hydrogen) atoms. The molecule has 1 aromatic carbocycles. The number of amides is 2. The Morgan fingerprint density at radius 3 is 2.15 bits per heavy atom. The smallest absolute Gasteiger partial charge is 0.475 e. The number of benzene rings is 1. The number of likely N-dealkylation sites (tertiary alicyclic amines) is 2. The molecular weight excluding hydrogens is 437 g/mol. The second-order valence-corrected chi connectivity index (χ2v) is 8.95.